The summed E-state index contributed by atoms with van der Waals surface area (Å²) in [6.45, 7) is 1.78. The minimum Gasteiger partial charge on any atom is -0.207 e. The van der Waals surface area contributed by atoms with Gasteiger partial charge in [0.2, 0.25) is 0 Å². The first-order valence-corrected chi connectivity index (χ1v) is 8.36. The van der Waals surface area contributed by atoms with Gasteiger partial charge in [-0.15, -0.1) is 0 Å². The van der Waals surface area contributed by atoms with Crippen molar-refractivity contribution in [1.82, 2.24) is 0 Å². The minimum atomic E-state index is -0.168. The molecule has 3 rings (SSSR count). The lowest BCUT2D eigenvalue weighted by Gasteiger charge is -2.15. The third-order valence-electron chi connectivity index (χ3n) is 3.67. The SMILES string of the molecule is Cc1ccc(C(Br)c2ccc(Br)c3ccccc23)cc1F. The Balaban J connectivity index is 2.15. The highest BCUT2D eigenvalue weighted by Crippen LogP contribution is 2.38. The molecule has 21 heavy (non-hydrogen) atoms. The molecule has 0 aliphatic heterocycles. The fourth-order valence-electron chi connectivity index (χ4n) is 2.45. The molecule has 0 radical (unpaired) electrons. The largest absolute Gasteiger partial charge is 0.207 e. The molecule has 0 aliphatic carbocycles. The number of hydrogen-bond acceptors (Lipinski definition) is 0. The fourth-order valence-corrected chi connectivity index (χ4v) is 3.61. The molecule has 0 saturated carbocycles. The number of benzene rings is 3. The molecule has 0 aliphatic rings. The Bertz CT molecular complexity index is 811. The van der Waals surface area contributed by atoms with Gasteiger partial charge < -0.3 is 0 Å². The summed E-state index contributed by atoms with van der Waals surface area (Å²) in [5, 5.41) is 2.32. The summed E-state index contributed by atoms with van der Waals surface area (Å²) in [5.74, 6) is -0.168. The maximum Gasteiger partial charge on any atom is 0.126 e. The predicted octanol–water partition coefficient (Wildman–Crippen LogP) is 6.53. The van der Waals surface area contributed by atoms with Gasteiger partial charge in [0, 0.05) is 4.47 Å². The molecule has 3 aromatic carbocycles. The Labute approximate surface area is 140 Å². The van der Waals surface area contributed by atoms with Crippen molar-refractivity contribution in [3.63, 3.8) is 0 Å². The van der Waals surface area contributed by atoms with Crippen molar-refractivity contribution in [2.75, 3.05) is 0 Å². The van der Waals surface area contributed by atoms with Crippen LogP contribution in [0.25, 0.3) is 10.8 Å². The molecule has 3 heteroatoms. The average molecular weight is 408 g/mol. The van der Waals surface area contributed by atoms with Gasteiger partial charge in [-0.3, -0.25) is 0 Å². The molecule has 3 aromatic rings. The van der Waals surface area contributed by atoms with Crippen molar-refractivity contribution in [2.45, 2.75) is 11.8 Å². The summed E-state index contributed by atoms with van der Waals surface area (Å²) >= 11 is 7.30. The van der Waals surface area contributed by atoms with E-state index in [0.717, 1.165) is 26.4 Å². The van der Waals surface area contributed by atoms with E-state index in [2.05, 4.69) is 50.1 Å². The number of rotatable bonds is 2. The monoisotopic (exact) mass is 406 g/mol. The summed E-state index contributed by atoms with van der Waals surface area (Å²) in [4.78, 5) is -0.0365. The molecule has 0 fully saturated rings. The molecule has 0 N–H and O–H groups in total. The second-order valence-corrected chi connectivity index (χ2v) is 6.82. The summed E-state index contributed by atoms with van der Waals surface area (Å²) in [7, 11) is 0. The lowest BCUT2D eigenvalue weighted by Crippen LogP contribution is -1.96. The Morgan fingerprint density at radius 2 is 1.67 bits per heavy atom. The van der Waals surface area contributed by atoms with E-state index in [1.54, 1.807) is 13.0 Å². The second-order valence-electron chi connectivity index (χ2n) is 5.05. The van der Waals surface area contributed by atoms with Crippen molar-refractivity contribution >= 4 is 42.6 Å². The van der Waals surface area contributed by atoms with Crippen LogP contribution in [0.3, 0.4) is 0 Å². The van der Waals surface area contributed by atoms with Gasteiger partial charge in [0.1, 0.15) is 5.82 Å². The zero-order chi connectivity index (χ0) is 15.0. The highest BCUT2D eigenvalue weighted by atomic mass is 79.9. The van der Waals surface area contributed by atoms with E-state index in [0.29, 0.717) is 5.56 Å². The van der Waals surface area contributed by atoms with E-state index >= 15 is 0 Å². The number of fused-ring (bicyclic) bond motifs is 1. The molecular formula is C18H13Br2F. The van der Waals surface area contributed by atoms with Crippen molar-refractivity contribution in [3.05, 3.63) is 81.6 Å². The van der Waals surface area contributed by atoms with Crippen molar-refractivity contribution in [1.29, 1.82) is 0 Å². The Hall–Kier alpha value is -1.19. The van der Waals surface area contributed by atoms with Crippen LogP contribution < -0.4 is 0 Å². The van der Waals surface area contributed by atoms with Gasteiger partial charge in [0.15, 0.2) is 0 Å². The molecular weight excluding hydrogens is 395 g/mol. The third kappa shape index (κ3) is 2.77. The number of aryl methyl sites for hydroxylation is 1. The minimum absolute atomic E-state index is 0.0365. The third-order valence-corrected chi connectivity index (χ3v) is 5.38. The van der Waals surface area contributed by atoms with E-state index in [-0.39, 0.29) is 10.6 Å². The standard InChI is InChI=1S/C18H13Br2F/c1-11-6-7-12(10-17(11)21)18(20)15-8-9-16(19)14-5-3-2-4-13(14)15/h2-10,18H,1H3. The smallest absolute Gasteiger partial charge is 0.126 e. The highest BCUT2D eigenvalue weighted by Gasteiger charge is 2.15. The van der Waals surface area contributed by atoms with Crippen LogP contribution in [0.5, 0.6) is 0 Å². The van der Waals surface area contributed by atoms with Gasteiger partial charge in [-0.1, -0.05) is 74.3 Å². The van der Waals surface area contributed by atoms with E-state index in [4.69, 9.17) is 0 Å². The molecule has 1 atom stereocenters. The van der Waals surface area contributed by atoms with Crippen molar-refractivity contribution in [2.24, 2.45) is 0 Å². The van der Waals surface area contributed by atoms with Crippen LogP contribution in [-0.2, 0) is 0 Å². The van der Waals surface area contributed by atoms with Crippen LogP contribution in [0.1, 0.15) is 21.5 Å². The van der Waals surface area contributed by atoms with Crippen LogP contribution in [0.4, 0.5) is 4.39 Å². The first-order valence-electron chi connectivity index (χ1n) is 6.65. The van der Waals surface area contributed by atoms with Gasteiger partial charge >= 0.3 is 0 Å². The van der Waals surface area contributed by atoms with E-state index in [1.807, 2.05) is 30.3 Å². The van der Waals surface area contributed by atoms with Gasteiger partial charge in [-0.25, -0.2) is 4.39 Å². The molecule has 1 unspecified atom stereocenters. The van der Waals surface area contributed by atoms with Gasteiger partial charge in [0.25, 0.3) is 0 Å². The number of halogens is 3. The average Bonchev–Trinajstić information content (AvgIpc) is 2.50. The van der Waals surface area contributed by atoms with E-state index in [9.17, 15) is 4.39 Å². The normalized spacial score (nSPS) is 12.6. The summed E-state index contributed by atoms with van der Waals surface area (Å²) in [6.07, 6.45) is 0. The van der Waals surface area contributed by atoms with Gasteiger partial charge in [-0.05, 0) is 46.5 Å². The lowest BCUT2D eigenvalue weighted by molar-refractivity contribution is 0.616. The summed E-state index contributed by atoms with van der Waals surface area (Å²) in [5.41, 5.74) is 2.72. The van der Waals surface area contributed by atoms with Crippen LogP contribution in [-0.4, -0.2) is 0 Å². The summed E-state index contributed by atoms with van der Waals surface area (Å²) in [6, 6.07) is 17.7. The lowest BCUT2D eigenvalue weighted by atomic mass is 9.98. The Morgan fingerprint density at radius 3 is 2.38 bits per heavy atom. The molecule has 0 bridgehead atoms. The number of alkyl halides is 1. The number of hydrogen-bond donors (Lipinski definition) is 0. The molecule has 106 valence electrons. The zero-order valence-electron chi connectivity index (χ0n) is 11.4. The quantitative estimate of drug-likeness (QED) is 0.423. The highest BCUT2D eigenvalue weighted by molar-refractivity contribution is 9.10. The van der Waals surface area contributed by atoms with Crippen molar-refractivity contribution in [3.8, 4) is 0 Å². The maximum absolute atomic E-state index is 13.8. The van der Waals surface area contributed by atoms with Gasteiger partial charge in [0.05, 0.1) is 4.83 Å². The summed E-state index contributed by atoms with van der Waals surface area (Å²) < 4.78 is 14.9. The fraction of sp³-hybridized carbons (Fsp3) is 0.111. The molecule has 0 spiro atoms. The Morgan fingerprint density at radius 1 is 0.952 bits per heavy atom. The maximum atomic E-state index is 13.8. The van der Waals surface area contributed by atoms with Gasteiger partial charge in [-0.2, -0.15) is 0 Å². The molecule has 0 saturated heterocycles. The zero-order valence-corrected chi connectivity index (χ0v) is 14.6. The van der Waals surface area contributed by atoms with E-state index in [1.165, 1.54) is 0 Å². The molecule has 0 nitrogen and oxygen atoms in total. The van der Waals surface area contributed by atoms with Crippen LogP contribution in [0.15, 0.2) is 59.1 Å². The molecule has 0 heterocycles. The topological polar surface area (TPSA) is 0 Å². The molecule has 0 amide bonds. The first kappa shape index (κ1) is 14.7. The first-order chi connectivity index (χ1) is 10.1. The second kappa shape index (κ2) is 5.90. The van der Waals surface area contributed by atoms with Crippen LogP contribution in [0.2, 0.25) is 0 Å². The molecule has 0 aromatic heterocycles. The van der Waals surface area contributed by atoms with E-state index < -0.39 is 0 Å². The predicted molar refractivity (Wildman–Crippen MR) is 93.6 cm³/mol. The Kier molecular flexibility index (Phi) is 4.14. The van der Waals surface area contributed by atoms with Crippen LogP contribution in [0, 0.1) is 12.7 Å². The van der Waals surface area contributed by atoms with Crippen LogP contribution >= 0.6 is 31.9 Å². The van der Waals surface area contributed by atoms with Crippen molar-refractivity contribution < 1.29 is 4.39 Å².